The van der Waals surface area contributed by atoms with Crippen molar-refractivity contribution >= 4 is 0 Å². The minimum Gasteiger partial charge on any atom is -0.330 e. The van der Waals surface area contributed by atoms with Gasteiger partial charge in [0.1, 0.15) is 5.82 Å². The van der Waals surface area contributed by atoms with Crippen LogP contribution in [0.3, 0.4) is 0 Å². The van der Waals surface area contributed by atoms with Gasteiger partial charge in [0.05, 0.1) is 6.20 Å². The zero-order valence-electron chi connectivity index (χ0n) is 8.55. The van der Waals surface area contributed by atoms with E-state index in [-0.39, 0.29) is 16.6 Å². The molecule has 0 aromatic carbocycles. The average molecular weight is 194 g/mol. The average Bonchev–Trinajstić information content (AvgIpc) is 2.70. The molecule has 0 spiro atoms. The smallest absolute Gasteiger partial charge is 0.145 e. The van der Waals surface area contributed by atoms with Crippen molar-refractivity contribution in [2.75, 3.05) is 6.54 Å². The normalized spacial score (nSPS) is 28.9. The molecule has 2 N–H and O–H groups in total. The zero-order valence-corrected chi connectivity index (χ0v) is 8.55. The second-order valence-corrected chi connectivity index (χ2v) is 4.70. The van der Waals surface area contributed by atoms with Crippen molar-refractivity contribution in [2.45, 2.75) is 25.7 Å². The third-order valence-corrected chi connectivity index (χ3v) is 3.55. The SMILES string of the molecule is CC1(C)CC1(CN)c1ccncc1F. The Hall–Kier alpha value is -0.960. The monoisotopic (exact) mass is 194 g/mol. The first-order valence-corrected chi connectivity index (χ1v) is 4.83. The third kappa shape index (κ3) is 1.08. The van der Waals surface area contributed by atoms with Crippen LogP contribution in [-0.4, -0.2) is 11.5 Å². The first kappa shape index (κ1) is 9.59. The minimum atomic E-state index is -0.233. The van der Waals surface area contributed by atoms with E-state index in [0.29, 0.717) is 6.54 Å². The van der Waals surface area contributed by atoms with Gasteiger partial charge in [-0.25, -0.2) is 4.39 Å². The van der Waals surface area contributed by atoms with Gasteiger partial charge in [0.2, 0.25) is 0 Å². The van der Waals surface area contributed by atoms with Crippen LogP contribution in [0.5, 0.6) is 0 Å². The largest absolute Gasteiger partial charge is 0.330 e. The van der Waals surface area contributed by atoms with Crippen LogP contribution in [0.15, 0.2) is 18.5 Å². The Balaban J connectivity index is 2.46. The molecule has 2 rings (SSSR count). The zero-order chi connectivity index (χ0) is 10.4. The molecule has 1 aliphatic rings. The molecule has 3 heteroatoms. The van der Waals surface area contributed by atoms with E-state index >= 15 is 0 Å². The van der Waals surface area contributed by atoms with Crippen molar-refractivity contribution in [3.8, 4) is 0 Å². The first-order chi connectivity index (χ1) is 6.53. The minimum absolute atomic E-state index is 0.115. The summed E-state index contributed by atoms with van der Waals surface area (Å²) in [5.41, 5.74) is 6.43. The molecule has 0 amide bonds. The van der Waals surface area contributed by atoms with Gasteiger partial charge in [-0.1, -0.05) is 13.8 Å². The molecule has 0 saturated heterocycles. The van der Waals surface area contributed by atoms with Crippen LogP contribution < -0.4 is 5.73 Å². The van der Waals surface area contributed by atoms with E-state index in [4.69, 9.17) is 5.73 Å². The van der Waals surface area contributed by atoms with Gasteiger partial charge in [0.25, 0.3) is 0 Å². The molecule has 76 valence electrons. The summed E-state index contributed by atoms with van der Waals surface area (Å²) in [7, 11) is 0. The lowest BCUT2D eigenvalue weighted by Crippen LogP contribution is -2.26. The summed E-state index contributed by atoms with van der Waals surface area (Å²) in [6.45, 7) is 4.75. The van der Waals surface area contributed by atoms with E-state index < -0.39 is 0 Å². The fourth-order valence-corrected chi connectivity index (χ4v) is 2.39. The molecule has 0 aliphatic heterocycles. The lowest BCUT2D eigenvalue weighted by atomic mass is 9.88. The number of aromatic nitrogens is 1. The van der Waals surface area contributed by atoms with Gasteiger partial charge in [-0.15, -0.1) is 0 Å². The molecule has 1 aromatic heterocycles. The van der Waals surface area contributed by atoms with Gasteiger partial charge in [-0.05, 0) is 23.5 Å². The van der Waals surface area contributed by atoms with Crippen molar-refractivity contribution in [3.63, 3.8) is 0 Å². The van der Waals surface area contributed by atoms with Crippen LogP contribution in [0.1, 0.15) is 25.8 Å². The lowest BCUT2D eigenvalue weighted by molar-refractivity contribution is 0.475. The summed E-state index contributed by atoms with van der Waals surface area (Å²) >= 11 is 0. The number of rotatable bonds is 2. The Bertz CT molecular complexity index is 362. The maximum Gasteiger partial charge on any atom is 0.145 e. The quantitative estimate of drug-likeness (QED) is 0.780. The number of halogens is 1. The van der Waals surface area contributed by atoms with Crippen LogP contribution in [0.25, 0.3) is 0 Å². The Morgan fingerprint density at radius 2 is 2.21 bits per heavy atom. The van der Waals surface area contributed by atoms with Gasteiger partial charge < -0.3 is 5.73 Å². The maximum absolute atomic E-state index is 13.5. The van der Waals surface area contributed by atoms with Crippen LogP contribution >= 0.6 is 0 Å². The Kier molecular flexibility index (Phi) is 1.89. The fourth-order valence-electron chi connectivity index (χ4n) is 2.39. The van der Waals surface area contributed by atoms with E-state index in [1.165, 1.54) is 6.20 Å². The molecule has 1 aromatic rings. The van der Waals surface area contributed by atoms with E-state index in [2.05, 4.69) is 18.8 Å². The molecule has 0 radical (unpaired) electrons. The van der Waals surface area contributed by atoms with Crippen molar-refractivity contribution in [1.82, 2.24) is 4.98 Å². The molecule has 1 unspecified atom stereocenters. The summed E-state index contributed by atoms with van der Waals surface area (Å²) < 4.78 is 13.5. The van der Waals surface area contributed by atoms with Crippen molar-refractivity contribution in [3.05, 3.63) is 29.8 Å². The second-order valence-electron chi connectivity index (χ2n) is 4.70. The highest BCUT2D eigenvalue weighted by atomic mass is 19.1. The van der Waals surface area contributed by atoms with E-state index in [0.717, 1.165) is 12.0 Å². The summed E-state index contributed by atoms with van der Waals surface area (Å²) in [4.78, 5) is 3.75. The predicted octanol–water partition coefficient (Wildman–Crippen LogP) is 1.85. The van der Waals surface area contributed by atoms with Gasteiger partial charge >= 0.3 is 0 Å². The molecule has 0 bridgehead atoms. The summed E-state index contributed by atoms with van der Waals surface area (Å²) in [5.74, 6) is -0.233. The lowest BCUT2D eigenvalue weighted by Gasteiger charge is -2.19. The summed E-state index contributed by atoms with van der Waals surface area (Å²) in [6, 6.07) is 1.75. The molecule has 1 heterocycles. The molecule has 1 saturated carbocycles. The molecule has 2 nitrogen and oxygen atoms in total. The molecular weight excluding hydrogens is 179 g/mol. The van der Waals surface area contributed by atoms with Crippen LogP contribution in [0, 0.1) is 11.2 Å². The Labute approximate surface area is 83.3 Å². The van der Waals surface area contributed by atoms with Gasteiger partial charge in [-0.3, -0.25) is 4.98 Å². The first-order valence-electron chi connectivity index (χ1n) is 4.83. The fraction of sp³-hybridized carbons (Fsp3) is 0.545. The standard InChI is InChI=1S/C11H15FN2/c1-10(2)6-11(10,7-13)8-3-4-14-5-9(8)12/h3-5H,6-7,13H2,1-2H3. The van der Waals surface area contributed by atoms with Crippen LogP contribution in [0.2, 0.25) is 0 Å². The highest BCUT2D eigenvalue weighted by Crippen LogP contribution is 2.63. The highest BCUT2D eigenvalue weighted by molar-refractivity contribution is 5.37. The molecule has 1 fully saturated rings. The Morgan fingerprint density at radius 1 is 1.57 bits per heavy atom. The number of nitrogens with two attached hydrogens (primary N) is 1. The van der Waals surface area contributed by atoms with Gasteiger partial charge in [0.15, 0.2) is 0 Å². The van der Waals surface area contributed by atoms with Gasteiger partial charge in [0, 0.05) is 18.2 Å². The van der Waals surface area contributed by atoms with E-state index in [9.17, 15) is 4.39 Å². The number of hydrogen-bond acceptors (Lipinski definition) is 2. The second kappa shape index (κ2) is 2.76. The van der Waals surface area contributed by atoms with Crippen molar-refractivity contribution in [1.29, 1.82) is 0 Å². The molecule has 1 aliphatic carbocycles. The maximum atomic E-state index is 13.5. The predicted molar refractivity (Wildman–Crippen MR) is 53.3 cm³/mol. The van der Waals surface area contributed by atoms with E-state index in [1.54, 1.807) is 12.3 Å². The van der Waals surface area contributed by atoms with Gasteiger partial charge in [-0.2, -0.15) is 0 Å². The summed E-state index contributed by atoms with van der Waals surface area (Å²) in [6.07, 6.45) is 3.85. The molecular formula is C11H15FN2. The van der Waals surface area contributed by atoms with Crippen molar-refractivity contribution < 1.29 is 4.39 Å². The number of nitrogens with zero attached hydrogens (tertiary/aromatic N) is 1. The molecule has 1 atom stereocenters. The Morgan fingerprint density at radius 3 is 2.64 bits per heavy atom. The van der Waals surface area contributed by atoms with E-state index in [1.807, 2.05) is 0 Å². The van der Waals surface area contributed by atoms with Crippen molar-refractivity contribution in [2.24, 2.45) is 11.1 Å². The summed E-state index contributed by atoms with van der Waals surface area (Å²) in [5, 5.41) is 0. The van der Waals surface area contributed by atoms with Crippen LogP contribution in [-0.2, 0) is 5.41 Å². The number of pyridine rings is 1. The third-order valence-electron chi connectivity index (χ3n) is 3.55. The number of hydrogen-bond donors (Lipinski definition) is 1. The molecule has 14 heavy (non-hydrogen) atoms. The highest BCUT2D eigenvalue weighted by Gasteiger charge is 2.61. The topological polar surface area (TPSA) is 38.9 Å². The van der Waals surface area contributed by atoms with Crippen LogP contribution in [0.4, 0.5) is 4.39 Å².